The van der Waals surface area contributed by atoms with E-state index in [1.54, 1.807) is 0 Å². The predicted octanol–water partition coefficient (Wildman–Crippen LogP) is 0.710. The normalized spacial score (nSPS) is 16.6. The van der Waals surface area contributed by atoms with Crippen LogP contribution in [-0.2, 0) is 4.79 Å². The van der Waals surface area contributed by atoms with Gasteiger partial charge in [-0.2, -0.15) is 0 Å². The molecule has 1 rings (SSSR count). The van der Waals surface area contributed by atoms with E-state index in [1.807, 2.05) is 20.9 Å². The number of piperazine rings is 1. The first kappa shape index (κ1) is 24.4. The summed E-state index contributed by atoms with van der Waals surface area (Å²) in [6.45, 7) is 16.2. The summed E-state index contributed by atoms with van der Waals surface area (Å²) in [4.78, 5) is 20.7. The number of aliphatic imine (C=N–C) groups is 1. The molecule has 1 fully saturated rings. The molecule has 0 spiro atoms. The van der Waals surface area contributed by atoms with Crippen LogP contribution in [0.4, 0.5) is 0 Å². The van der Waals surface area contributed by atoms with Crippen molar-refractivity contribution in [3.8, 4) is 0 Å². The average Bonchev–Trinajstić information content (AvgIpc) is 2.46. The first-order valence-corrected chi connectivity index (χ1v) is 8.93. The molecule has 1 heterocycles. The van der Waals surface area contributed by atoms with Crippen LogP contribution in [0.25, 0.3) is 0 Å². The summed E-state index contributed by atoms with van der Waals surface area (Å²) in [7, 11) is 1.82. The van der Waals surface area contributed by atoms with E-state index in [0.29, 0.717) is 6.54 Å². The van der Waals surface area contributed by atoms with Crippen molar-refractivity contribution in [1.29, 1.82) is 0 Å². The molecule has 0 aromatic carbocycles. The Morgan fingerprint density at radius 1 is 1.12 bits per heavy atom. The Morgan fingerprint density at radius 2 is 1.72 bits per heavy atom. The SMILES string of the molecule is CN=C(NCCNC(C)(C)C)N1CCN(CC(=O)NC(C)C)CC1.I. The Balaban J connectivity index is 0.00000576. The van der Waals surface area contributed by atoms with Crippen molar-refractivity contribution in [3.63, 3.8) is 0 Å². The first-order valence-electron chi connectivity index (χ1n) is 8.93. The van der Waals surface area contributed by atoms with Crippen molar-refractivity contribution in [2.75, 3.05) is 52.9 Å². The molecular weight excluding hydrogens is 431 g/mol. The van der Waals surface area contributed by atoms with Crippen molar-refractivity contribution < 1.29 is 4.79 Å². The van der Waals surface area contributed by atoms with Crippen LogP contribution in [0.1, 0.15) is 34.6 Å². The van der Waals surface area contributed by atoms with E-state index >= 15 is 0 Å². The first-order chi connectivity index (χ1) is 11.2. The molecular formula is C17H37IN6O. The van der Waals surface area contributed by atoms with Gasteiger partial charge in [0.05, 0.1) is 6.54 Å². The largest absolute Gasteiger partial charge is 0.355 e. The van der Waals surface area contributed by atoms with Crippen LogP contribution in [0.2, 0.25) is 0 Å². The lowest BCUT2D eigenvalue weighted by molar-refractivity contribution is -0.123. The Bertz CT molecular complexity index is 414. The van der Waals surface area contributed by atoms with E-state index in [1.165, 1.54) is 0 Å². The van der Waals surface area contributed by atoms with Gasteiger partial charge >= 0.3 is 0 Å². The highest BCUT2D eigenvalue weighted by Crippen LogP contribution is 2.02. The summed E-state index contributed by atoms with van der Waals surface area (Å²) in [5.74, 6) is 1.05. The molecule has 0 aromatic heterocycles. The number of carbonyl (C=O) groups is 1. The van der Waals surface area contributed by atoms with E-state index in [9.17, 15) is 4.79 Å². The maximum atomic E-state index is 11.8. The van der Waals surface area contributed by atoms with E-state index in [-0.39, 0.29) is 41.5 Å². The van der Waals surface area contributed by atoms with Crippen molar-refractivity contribution in [2.24, 2.45) is 4.99 Å². The number of carbonyl (C=O) groups excluding carboxylic acids is 1. The minimum absolute atomic E-state index is 0. The Labute approximate surface area is 170 Å². The second-order valence-corrected chi connectivity index (χ2v) is 7.64. The van der Waals surface area contributed by atoms with Crippen LogP contribution in [-0.4, -0.2) is 86.1 Å². The summed E-state index contributed by atoms with van der Waals surface area (Å²) in [6.07, 6.45) is 0. The van der Waals surface area contributed by atoms with Gasteiger partial charge in [0.2, 0.25) is 5.91 Å². The lowest BCUT2D eigenvalue weighted by atomic mass is 10.1. The molecule has 8 heteroatoms. The number of hydrogen-bond donors (Lipinski definition) is 3. The number of hydrogen-bond acceptors (Lipinski definition) is 4. The van der Waals surface area contributed by atoms with Gasteiger partial charge in [-0.3, -0.25) is 14.7 Å². The van der Waals surface area contributed by atoms with E-state index in [4.69, 9.17) is 0 Å². The van der Waals surface area contributed by atoms with Crippen LogP contribution in [0.3, 0.4) is 0 Å². The zero-order valence-corrected chi connectivity index (χ0v) is 19.0. The van der Waals surface area contributed by atoms with Crippen LogP contribution in [0.15, 0.2) is 4.99 Å². The number of nitrogens with zero attached hydrogens (tertiary/aromatic N) is 3. The second kappa shape index (κ2) is 11.9. The third-order valence-electron chi connectivity index (χ3n) is 3.76. The van der Waals surface area contributed by atoms with Crippen molar-refractivity contribution >= 4 is 35.8 Å². The lowest BCUT2D eigenvalue weighted by Crippen LogP contribution is -2.55. The average molecular weight is 468 g/mol. The van der Waals surface area contributed by atoms with Crippen LogP contribution >= 0.6 is 24.0 Å². The van der Waals surface area contributed by atoms with Crippen LogP contribution in [0.5, 0.6) is 0 Å². The summed E-state index contributed by atoms with van der Waals surface area (Å²) >= 11 is 0. The molecule has 0 aromatic rings. The third-order valence-corrected chi connectivity index (χ3v) is 3.76. The van der Waals surface area contributed by atoms with E-state index < -0.39 is 0 Å². The molecule has 0 saturated carbocycles. The summed E-state index contributed by atoms with van der Waals surface area (Å²) in [5.41, 5.74) is 0.132. The highest BCUT2D eigenvalue weighted by atomic mass is 127. The molecule has 7 nitrogen and oxygen atoms in total. The number of rotatable bonds is 6. The van der Waals surface area contributed by atoms with Gasteiger partial charge in [-0.15, -0.1) is 24.0 Å². The maximum Gasteiger partial charge on any atom is 0.234 e. The molecule has 3 N–H and O–H groups in total. The lowest BCUT2D eigenvalue weighted by Gasteiger charge is -2.36. The van der Waals surface area contributed by atoms with Gasteiger partial charge in [-0.05, 0) is 34.6 Å². The zero-order chi connectivity index (χ0) is 18.2. The summed E-state index contributed by atoms with van der Waals surface area (Å²) in [6, 6.07) is 0.198. The van der Waals surface area contributed by atoms with Crippen molar-refractivity contribution in [3.05, 3.63) is 0 Å². The van der Waals surface area contributed by atoms with Crippen LogP contribution in [0, 0.1) is 0 Å². The number of amides is 1. The predicted molar refractivity (Wildman–Crippen MR) is 116 cm³/mol. The van der Waals surface area contributed by atoms with Gasteiger partial charge in [0, 0.05) is 57.9 Å². The minimum atomic E-state index is 0. The third kappa shape index (κ3) is 10.9. The molecule has 0 aliphatic carbocycles. The van der Waals surface area contributed by atoms with Gasteiger partial charge < -0.3 is 20.9 Å². The number of nitrogens with one attached hydrogen (secondary N) is 3. The fraction of sp³-hybridized carbons (Fsp3) is 0.882. The molecule has 0 unspecified atom stereocenters. The maximum absolute atomic E-state index is 11.8. The Kier molecular flexibility index (Phi) is 11.6. The number of guanidine groups is 1. The van der Waals surface area contributed by atoms with Gasteiger partial charge in [-0.1, -0.05) is 0 Å². The summed E-state index contributed by atoms with van der Waals surface area (Å²) < 4.78 is 0. The molecule has 0 radical (unpaired) electrons. The fourth-order valence-corrected chi connectivity index (χ4v) is 2.63. The topological polar surface area (TPSA) is 72.0 Å². The number of halogens is 1. The Hall–Kier alpha value is -0.610. The highest BCUT2D eigenvalue weighted by Gasteiger charge is 2.21. The van der Waals surface area contributed by atoms with Crippen LogP contribution < -0.4 is 16.0 Å². The van der Waals surface area contributed by atoms with Crippen molar-refractivity contribution in [1.82, 2.24) is 25.8 Å². The molecule has 0 bridgehead atoms. The van der Waals surface area contributed by atoms with E-state index in [0.717, 1.165) is 45.2 Å². The molecule has 0 atom stereocenters. The van der Waals surface area contributed by atoms with Gasteiger partial charge in [0.1, 0.15) is 0 Å². The quantitative estimate of drug-likeness (QED) is 0.232. The molecule has 25 heavy (non-hydrogen) atoms. The van der Waals surface area contributed by atoms with Crippen molar-refractivity contribution in [2.45, 2.75) is 46.2 Å². The standard InChI is InChI=1S/C17H36N6O.HI/c1-14(2)21-15(24)13-22-9-11-23(12-10-22)16(18-6)19-7-8-20-17(3,4)5;/h14,20H,7-13H2,1-6H3,(H,18,19)(H,21,24);1H. The zero-order valence-electron chi connectivity index (χ0n) is 16.7. The summed E-state index contributed by atoms with van der Waals surface area (Å²) in [5, 5.41) is 9.81. The van der Waals surface area contributed by atoms with Gasteiger partial charge in [-0.25, -0.2) is 0 Å². The molecule has 1 saturated heterocycles. The molecule has 1 aliphatic rings. The molecule has 148 valence electrons. The minimum Gasteiger partial charge on any atom is -0.355 e. The Morgan fingerprint density at radius 3 is 2.20 bits per heavy atom. The highest BCUT2D eigenvalue weighted by molar-refractivity contribution is 14.0. The smallest absolute Gasteiger partial charge is 0.234 e. The second-order valence-electron chi connectivity index (χ2n) is 7.64. The van der Waals surface area contributed by atoms with Gasteiger partial charge in [0.25, 0.3) is 0 Å². The van der Waals surface area contributed by atoms with E-state index in [2.05, 4.69) is 51.5 Å². The molecule has 1 aliphatic heterocycles. The van der Waals surface area contributed by atoms with Gasteiger partial charge in [0.15, 0.2) is 5.96 Å². The molecule has 1 amide bonds. The monoisotopic (exact) mass is 468 g/mol. The fourth-order valence-electron chi connectivity index (χ4n) is 2.63.